The first kappa shape index (κ1) is 14.7. The molecule has 0 fully saturated rings. The second-order valence-corrected chi connectivity index (χ2v) is 5.91. The lowest BCUT2D eigenvalue weighted by molar-refractivity contribution is -0.141. The number of carboxylic acids is 1. The highest BCUT2D eigenvalue weighted by Gasteiger charge is 2.39. The Bertz CT molecular complexity index is 221. The molecule has 1 unspecified atom stereocenters. The van der Waals surface area contributed by atoms with Crippen molar-refractivity contribution >= 4 is 17.7 Å². The van der Waals surface area contributed by atoms with Crippen molar-refractivity contribution < 1.29 is 14.6 Å². The lowest BCUT2D eigenvalue weighted by Crippen LogP contribution is -2.41. The Labute approximate surface area is 95.6 Å². The Morgan fingerprint density at radius 1 is 1.47 bits per heavy atom. The van der Waals surface area contributed by atoms with Gasteiger partial charge < -0.3 is 15.6 Å². The maximum atomic E-state index is 11.2. The molecule has 0 spiro atoms. The SMILES string of the molecule is COC(C)(C)CC(C)(SCCN)C(=O)O. The van der Waals surface area contributed by atoms with Gasteiger partial charge in [0, 0.05) is 25.8 Å². The van der Waals surface area contributed by atoms with Crippen LogP contribution < -0.4 is 5.73 Å². The number of rotatable bonds is 7. The number of carboxylic acid groups (broad SMARTS) is 1. The van der Waals surface area contributed by atoms with Gasteiger partial charge in [0.1, 0.15) is 4.75 Å². The molecule has 5 heteroatoms. The zero-order valence-electron chi connectivity index (χ0n) is 9.87. The molecule has 0 heterocycles. The summed E-state index contributed by atoms with van der Waals surface area (Å²) in [6, 6.07) is 0. The first-order valence-electron chi connectivity index (χ1n) is 4.90. The van der Waals surface area contributed by atoms with Crippen molar-refractivity contribution in [1.29, 1.82) is 0 Å². The van der Waals surface area contributed by atoms with Crippen LogP contribution >= 0.6 is 11.8 Å². The fourth-order valence-corrected chi connectivity index (χ4v) is 2.50. The van der Waals surface area contributed by atoms with Crippen LogP contribution in [0.3, 0.4) is 0 Å². The standard InChI is InChI=1S/C10H21NO3S/c1-9(2,14-4)7-10(3,8(12)13)15-6-5-11/h5-7,11H2,1-4H3,(H,12,13). The van der Waals surface area contributed by atoms with E-state index >= 15 is 0 Å². The van der Waals surface area contributed by atoms with Crippen LogP contribution in [0.15, 0.2) is 0 Å². The summed E-state index contributed by atoms with van der Waals surface area (Å²) in [5.41, 5.74) is 4.95. The van der Waals surface area contributed by atoms with Crippen LogP contribution in [0.1, 0.15) is 27.2 Å². The van der Waals surface area contributed by atoms with E-state index in [-0.39, 0.29) is 0 Å². The molecule has 0 saturated carbocycles. The van der Waals surface area contributed by atoms with Gasteiger partial charge >= 0.3 is 5.97 Å². The van der Waals surface area contributed by atoms with Gasteiger partial charge in [-0.2, -0.15) is 0 Å². The van der Waals surface area contributed by atoms with Crippen molar-refractivity contribution in [1.82, 2.24) is 0 Å². The molecule has 4 nitrogen and oxygen atoms in total. The Morgan fingerprint density at radius 3 is 2.33 bits per heavy atom. The van der Waals surface area contributed by atoms with Crippen molar-refractivity contribution in [3.05, 3.63) is 0 Å². The van der Waals surface area contributed by atoms with Gasteiger partial charge in [-0.25, -0.2) is 0 Å². The Morgan fingerprint density at radius 2 is 2.00 bits per heavy atom. The minimum Gasteiger partial charge on any atom is -0.480 e. The van der Waals surface area contributed by atoms with E-state index in [1.165, 1.54) is 11.8 Å². The van der Waals surface area contributed by atoms with E-state index in [2.05, 4.69) is 0 Å². The predicted octanol–water partition coefficient (Wildman–Crippen LogP) is 1.34. The van der Waals surface area contributed by atoms with Gasteiger partial charge in [-0.3, -0.25) is 4.79 Å². The third-order valence-electron chi connectivity index (χ3n) is 2.31. The molecule has 90 valence electrons. The quantitative estimate of drug-likeness (QED) is 0.696. The number of carbonyl (C=O) groups is 1. The van der Waals surface area contributed by atoms with E-state index in [1.807, 2.05) is 13.8 Å². The lowest BCUT2D eigenvalue weighted by Gasteiger charge is -2.33. The van der Waals surface area contributed by atoms with Gasteiger partial charge in [-0.15, -0.1) is 11.8 Å². The zero-order chi connectivity index (χ0) is 12.1. The minimum atomic E-state index is -0.834. The Hall–Kier alpha value is -0.260. The van der Waals surface area contributed by atoms with Crippen molar-refractivity contribution in [2.75, 3.05) is 19.4 Å². The van der Waals surface area contributed by atoms with Crippen LogP contribution in [0.2, 0.25) is 0 Å². The molecule has 0 aliphatic rings. The van der Waals surface area contributed by atoms with Crippen LogP contribution in [0.4, 0.5) is 0 Å². The number of ether oxygens (including phenoxy) is 1. The smallest absolute Gasteiger partial charge is 0.319 e. The topological polar surface area (TPSA) is 72.5 Å². The molecular weight excluding hydrogens is 214 g/mol. The Kier molecular flexibility index (Phi) is 5.62. The summed E-state index contributed by atoms with van der Waals surface area (Å²) in [6.45, 7) is 5.98. The summed E-state index contributed by atoms with van der Waals surface area (Å²) < 4.78 is 4.42. The van der Waals surface area contributed by atoms with Gasteiger partial charge in [0.2, 0.25) is 0 Å². The normalized spacial score (nSPS) is 16.1. The maximum absolute atomic E-state index is 11.2. The van der Waals surface area contributed by atoms with Gasteiger partial charge in [0.25, 0.3) is 0 Å². The highest BCUT2D eigenvalue weighted by atomic mass is 32.2. The third-order valence-corrected chi connectivity index (χ3v) is 3.70. The van der Waals surface area contributed by atoms with Gasteiger partial charge in [-0.05, 0) is 20.8 Å². The summed E-state index contributed by atoms with van der Waals surface area (Å²) >= 11 is 1.37. The molecule has 3 N–H and O–H groups in total. The molecule has 0 rings (SSSR count). The molecule has 0 aromatic carbocycles. The number of hydrogen-bond acceptors (Lipinski definition) is 4. The molecule has 1 atom stereocenters. The average molecular weight is 235 g/mol. The molecular formula is C10H21NO3S. The zero-order valence-corrected chi connectivity index (χ0v) is 10.7. The third kappa shape index (κ3) is 4.86. The van der Waals surface area contributed by atoms with Gasteiger partial charge in [-0.1, -0.05) is 0 Å². The minimum absolute atomic E-state index is 0.436. The molecule has 0 aromatic heterocycles. The van der Waals surface area contributed by atoms with E-state index in [9.17, 15) is 9.90 Å². The number of methoxy groups -OCH3 is 1. The summed E-state index contributed by atoms with van der Waals surface area (Å²) in [6.07, 6.45) is 0.455. The number of hydrogen-bond donors (Lipinski definition) is 2. The highest BCUT2D eigenvalue weighted by molar-refractivity contribution is 8.01. The molecule has 15 heavy (non-hydrogen) atoms. The molecule has 0 bridgehead atoms. The van der Waals surface area contributed by atoms with Crippen molar-refractivity contribution in [3.63, 3.8) is 0 Å². The monoisotopic (exact) mass is 235 g/mol. The summed E-state index contributed by atoms with van der Waals surface area (Å²) in [5, 5.41) is 9.20. The van der Waals surface area contributed by atoms with Crippen LogP contribution in [-0.4, -0.2) is 40.8 Å². The molecule has 0 aliphatic heterocycles. The molecule has 0 saturated heterocycles. The molecule has 0 aliphatic carbocycles. The van der Waals surface area contributed by atoms with Crippen LogP contribution in [0, 0.1) is 0 Å². The van der Waals surface area contributed by atoms with E-state index < -0.39 is 16.3 Å². The molecule has 0 radical (unpaired) electrons. The van der Waals surface area contributed by atoms with Gasteiger partial charge in [0.05, 0.1) is 5.60 Å². The average Bonchev–Trinajstić information content (AvgIpc) is 2.14. The van der Waals surface area contributed by atoms with Crippen molar-refractivity contribution in [2.24, 2.45) is 5.73 Å². The molecule has 0 amide bonds. The van der Waals surface area contributed by atoms with E-state index in [1.54, 1.807) is 14.0 Å². The number of nitrogens with two attached hydrogens (primary N) is 1. The van der Waals surface area contributed by atoms with E-state index in [0.29, 0.717) is 18.7 Å². The summed E-state index contributed by atoms with van der Waals surface area (Å²) in [7, 11) is 1.59. The first-order chi connectivity index (χ1) is 6.77. The van der Waals surface area contributed by atoms with Gasteiger partial charge in [0.15, 0.2) is 0 Å². The number of aliphatic carboxylic acids is 1. The first-order valence-corrected chi connectivity index (χ1v) is 5.88. The Balaban J connectivity index is 4.58. The van der Waals surface area contributed by atoms with Crippen LogP contribution in [0.25, 0.3) is 0 Å². The lowest BCUT2D eigenvalue weighted by atomic mass is 9.94. The van der Waals surface area contributed by atoms with Crippen LogP contribution in [-0.2, 0) is 9.53 Å². The van der Waals surface area contributed by atoms with E-state index in [0.717, 1.165) is 0 Å². The highest BCUT2D eigenvalue weighted by Crippen LogP contribution is 2.34. The van der Waals surface area contributed by atoms with E-state index in [4.69, 9.17) is 10.5 Å². The predicted molar refractivity (Wildman–Crippen MR) is 63.3 cm³/mol. The number of thioether (sulfide) groups is 1. The van der Waals surface area contributed by atoms with Crippen molar-refractivity contribution in [3.8, 4) is 0 Å². The summed E-state index contributed by atoms with van der Waals surface area (Å²) in [5.74, 6) is -0.172. The van der Waals surface area contributed by atoms with Crippen LogP contribution in [0.5, 0.6) is 0 Å². The molecule has 0 aromatic rings. The maximum Gasteiger partial charge on any atom is 0.319 e. The van der Waals surface area contributed by atoms with Crippen molar-refractivity contribution in [2.45, 2.75) is 37.5 Å². The second-order valence-electron chi connectivity index (χ2n) is 4.31. The fourth-order valence-electron chi connectivity index (χ4n) is 1.36. The largest absolute Gasteiger partial charge is 0.480 e. The second kappa shape index (κ2) is 5.72. The summed E-state index contributed by atoms with van der Waals surface area (Å²) in [4.78, 5) is 11.2. The fraction of sp³-hybridized carbons (Fsp3) is 0.900.